The Morgan fingerprint density at radius 1 is 1.11 bits per heavy atom. The number of nitrogens with zero attached hydrogens (tertiary/aromatic N) is 1. The van der Waals surface area contributed by atoms with Gasteiger partial charge in [-0.3, -0.25) is 0 Å². The highest BCUT2D eigenvalue weighted by molar-refractivity contribution is 5.87. The van der Waals surface area contributed by atoms with E-state index in [2.05, 4.69) is 4.98 Å². The van der Waals surface area contributed by atoms with Gasteiger partial charge < -0.3 is 18.6 Å². The largest absolute Gasteiger partial charge is 0.486 e. The van der Waals surface area contributed by atoms with E-state index in [4.69, 9.17) is 18.6 Å². The van der Waals surface area contributed by atoms with Crippen LogP contribution >= 0.6 is 0 Å². The zero-order chi connectivity index (χ0) is 19.3. The van der Waals surface area contributed by atoms with Crippen molar-refractivity contribution in [2.75, 3.05) is 13.2 Å². The van der Waals surface area contributed by atoms with Crippen molar-refractivity contribution in [1.29, 1.82) is 0 Å². The van der Waals surface area contributed by atoms with Gasteiger partial charge in [0.1, 0.15) is 31.3 Å². The summed E-state index contributed by atoms with van der Waals surface area (Å²) >= 11 is 0. The van der Waals surface area contributed by atoms with Gasteiger partial charge in [0, 0.05) is 11.6 Å². The maximum atomic E-state index is 12.0. The van der Waals surface area contributed by atoms with Crippen LogP contribution in [0.25, 0.3) is 17.5 Å². The number of carbonyl (C=O) groups excluding carboxylic acids is 1. The van der Waals surface area contributed by atoms with Crippen LogP contribution in [0.5, 0.6) is 11.5 Å². The van der Waals surface area contributed by atoms with Crippen LogP contribution in [-0.4, -0.2) is 24.2 Å². The third-order valence-corrected chi connectivity index (χ3v) is 4.24. The summed E-state index contributed by atoms with van der Waals surface area (Å²) in [7, 11) is 0. The molecule has 0 radical (unpaired) electrons. The summed E-state index contributed by atoms with van der Waals surface area (Å²) < 4.78 is 22.0. The van der Waals surface area contributed by atoms with Gasteiger partial charge in [-0.05, 0) is 42.8 Å². The van der Waals surface area contributed by atoms with Crippen molar-refractivity contribution in [2.45, 2.75) is 13.5 Å². The topological polar surface area (TPSA) is 70.8 Å². The van der Waals surface area contributed by atoms with Crippen LogP contribution in [0.15, 0.2) is 59.0 Å². The van der Waals surface area contributed by atoms with Crippen LogP contribution in [0.3, 0.4) is 0 Å². The second-order valence-electron chi connectivity index (χ2n) is 6.23. The first-order valence-electron chi connectivity index (χ1n) is 8.95. The number of oxazole rings is 1. The summed E-state index contributed by atoms with van der Waals surface area (Å²) in [6, 6.07) is 15.1. The van der Waals surface area contributed by atoms with Gasteiger partial charge >= 0.3 is 5.97 Å². The Morgan fingerprint density at radius 2 is 1.89 bits per heavy atom. The van der Waals surface area contributed by atoms with Gasteiger partial charge in [0.25, 0.3) is 0 Å². The molecule has 0 amide bonds. The van der Waals surface area contributed by atoms with Gasteiger partial charge in [-0.2, -0.15) is 0 Å². The van der Waals surface area contributed by atoms with Gasteiger partial charge in [0.05, 0.1) is 0 Å². The molecule has 1 aliphatic heterocycles. The van der Waals surface area contributed by atoms with E-state index < -0.39 is 5.97 Å². The quantitative estimate of drug-likeness (QED) is 0.491. The average molecular weight is 377 g/mol. The number of aromatic nitrogens is 1. The molecule has 3 aromatic rings. The van der Waals surface area contributed by atoms with Crippen LogP contribution in [0.4, 0.5) is 0 Å². The van der Waals surface area contributed by atoms with Crippen LogP contribution in [0.1, 0.15) is 17.0 Å². The number of ether oxygens (including phenoxy) is 3. The standard InChI is InChI=1S/C22H19NO5/c1-15-18(23-22(28-15)17-5-3-2-4-6-17)14-27-21(24)10-8-16-7-9-19-20(13-16)26-12-11-25-19/h2-10,13H,11-12,14H2,1H3/b10-8+. The molecule has 0 spiro atoms. The number of rotatable bonds is 5. The van der Waals surface area contributed by atoms with Gasteiger partial charge in [-0.15, -0.1) is 0 Å². The molecule has 2 heterocycles. The maximum absolute atomic E-state index is 12.0. The number of benzene rings is 2. The highest BCUT2D eigenvalue weighted by Crippen LogP contribution is 2.31. The third kappa shape index (κ3) is 4.06. The first kappa shape index (κ1) is 17.9. The first-order chi connectivity index (χ1) is 13.7. The van der Waals surface area contributed by atoms with Gasteiger partial charge in [-0.1, -0.05) is 24.3 Å². The zero-order valence-corrected chi connectivity index (χ0v) is 15.4. The lowest BCUT2D eigenvalue weighted by Gasteiger charge is -2.18. The van der Waals surface area contributed by atoms with Crippen LogP contribution in [0.2, 0.25) is 0 Å². The summed E-state index contributed by atoms with van der Waals surface area (Å²) in [5.74, 6) is 2.06. The molecule has 1 aromatic heterocycles. The molecule has 0 saturated heterocycles. The number of aryl methyl sites for hydroxylation is 1. The third-order valence-electron chi connectivity index (χ3n) is 4.24. The highest BCUT2D eigenvalue weighted by Gasteiger charge is 2.13. The Bertz CT molecular complexity index is 1010. The van der Waals surface area contributed by atoms with Crippen molar-refractivity contribution in [2.24, 2.45) is 0 Å². The molecule has 2 aromatic carbocycles. The van der Waals surface area contributed by atoms with Crippen molar-refractivity contribution in [3.63, 3.8) is 0 Å². The normalized spacial score (nSPS) is 12.9. The van der Waals surface area contributed by atoms with Gasteiger partial charge in [-0.25, -0.2) is 9.78 Å². The molecule has 0 saturated carbocycles. The maximum Gasteiger partial charge on any atom is 0.331 e. The number of fused-ring (bicyclic) bond motifs is 1. The fourth-order valence-electron chi connectivity index (χ4n) is 2.78. The highest BCUT2D eigenvalue weighted by atomic mass is 16.6. The molecule has 6 heteroatoms. The van der Waals surface area contributed by atoms with Crippen molar-refractivity contribution >= 4 is 12.0 Å². The van der Waals surface area contributed by atoms with E-state index in [0.717, 1.165) is 11.1 Å². The molecular weight excluding hydrogens is 358 g/mol. The van der Waals surface area contributed by atoms with E-state index in [9.17, 15) is 4.79 Å². The zero-order valence-electron chi connectivity index (χ0n) is 15.4. The van der Waals surface area contributed by atoms with Crippen LogP contribution in [0, 0.1) is 6.92 Å². The minimum atomic E-state index is -0.460. The average Bonchev–Trinajstić information content (AvgIpc) is 3.12. The van der Waals surface area contributed by atoms with Crippen LogP contribution in [-0.2, 0) is 16.1 Å². The summed E-state index contributed by atoms with van der Waals surface area (Å²) in [6.45, 7) is 2.91. The molecular formula is C22H19NO5. The van der Waals surface area contributed by atoms with Crippen LogP contribution < -0.4 is 9.47 Å². The minimum Gasteiger partial charge on any atom is -0.486 e. The number of carbonyl (C=O) groups is 1. The van der Waals surface area contributed by atoms with E-state index in [1.54, 1.807) is 13.0 Å². The smallest absolute Gasteiger partial charge is 0.331 e. The summed E-state index contributed by atoms with van der Waals surface area (Å²) in [6.07, 6.45) is 3.05. The molecule has 142 valence electrons. The predicted octanol–water partition coefficient (Wildman–Crippen LogP) is 4.18. The molecule has 0 unspecified atom stereocenters. The van der Waals surface area contributed by atoms with Gasteiger partial charge in [0.15, 0.2) is 11.5 Å². The Kier molecular flexibility index (Phi) is 5.10. The minimum absolute atomic E-state index is 0.0481. The van der Waals surface area contributed by atoms with E-state index in [-0.39, 0.29) is 6.61 Å². The van der Waals surface area contributed by atoms with Crippen molar-refractivity contribution in [3.05, 3.63) is 71.6 Å². The van der Waals surface area contributed by atoms with E-state index in [1.165, 1.54) is 6.08 Å². The summed E-state index contributed by atoms with van der Waals surface area (Å²) in [4.78, 5) is 16.5. The summed E-state index contributed by atoms with van der Waals surface area (Å²) in [5.41, 5.74) is 2.30. The van der Waals surface area contributed by atoms with Gasteiger partial charge in [0.2, 0.25) is 5.89 Å². The number of esters is 1. The molecule has 0 atom stereocenters. The molecule has 0 N–H and O–H groups in total. The van der Waals surface area contributed by atoms with Crippen molar-refractivity contribution < 1.29 is 23.4 Å². The fraction of sp³-hybridized carbons (Fsp3) is 0.182. The monoisotopic (exact) mass is 377 g/mol. The van der Waals surface area contributed by atoms with E-state index >= 15 is 0 Å². The molecule has 0 bridgehead atoms. The number of hydrogen-bond donors (Lipinski definition) is 0. The van der Waals surface area contributed by atoms with Crippen molar-refractivity contribution in [1.82, 2.24) is 4.98 Å². The first-order valence-corrected chi connectivity index (χ1v) is 8.95. The second-order valence-corrected chi connectivity index (χ2v) is 6.23. The van der Waals surface area contributed by atoms with Crippen molar-refractivity contribution in [3.8, 4) is 23.0 Å². The second kappa shape index (κ2) is 8.00. The lowest BCUT2D eigenvalue weighted by atomic mass is 10.2. The molecule has 0 aliphatic carbocycles. The predicted molar refractivity (Wildman–Crippen MR) is 103 cm³/mol. The molecule has 6 nitrogen and oxygen atoms in total. The lowest BCUT2D eigenvalue weighted by Crippen LogP contribution is -2.15. The fourth-order valence-corrected chi connectivity index (χ4v) is 2.78. The summed E-state index contributed by atoms with van der Waals surface area (Å²) in [5, 5.41) is 0. The Labute approximate surface area is 162 Å². The van der Waals surface area contributed by atoms with E-state index in [0.29, 0.717) is 42.1 Å². The molecule has 0 fully saturated rings. The van der Waals surface area contributed by atoms with E-state index in [1.807, 2.05) is 48.5 Å². The Morgan fingerprint density at radius 3 is 2.71 bits per heavy atom. The molecule has 28 heavy (non-hydrogen) atoms. The number of hydrogen-bond acceptors (Lipinski definition) is 6. The molecule has 1 aliphatic rings. The molecule has 4 rings (SSSR count). The lowest BCUT2D eigenvalue weighted by molar-refractivity contribution is -0.139. The SMILES string of the molecule is Cc1oc(-c2ccccc2)nc1COC(=O)/C=C/c1ccc2c(c1)OCCO2. The Hall–Kier alpha value is -3.54. The Balaban J connectivity index is 1.37.